The van der Waals surface area contributed by atoms with Crippen molar-refractivity contribution in [2.24, 2.45) is 0 Å². The molecule has 31 heavy (non-hydrogen) atoms. The minimum absolute atomic E-state index is 0.00818. The summed E-state index contributed by atoms with van der Waals surface area (Å²) >= 11 is 1.62. The van der Waals surface area contributed by atoms with Gasteiger partial charge < -0.3 is 21.3 Å². The van der Waals surface area contributed by atoms with Gasteiger partial charge in [-0.3, -0.25) is 14.5 Å². The monoisotopic (exact) mass is 441 g/mol. The molecule has 2 aromatic rings. The summed E-state index contributed by atoms with van der Waals surface area (Å²) in [6.45, 7) is 1.67. The number of piperazine rings is 1. The SMILES string of the molecule is O=C(CC[C@@H]1CNC(=O)[C@@H]2C[C@@H](NC(=O)Nc3ccccc3)CN12)NCc1cccs1. The number of urea groups is 1. The lowest BCUT2D eigenvalue weighted by atomic mass is 10.0. The maximum absolute atomic E-state index is 12.4. The fraction of sp³-hybridized carbons (Fsp3) is 0.409. The zero-order valence-corrected chi connectivity index (χ0v) is 18.0. The second-order valence-electron chi connectivity index (χ2n) is 7.90. The summed E-state index contributed by atoms with van der Waals surface area (Å²) in [6.07, 6.45) is 1.63. The molecule has 0 spiro atoms. The van der Waals surface area contributed by atoms with Crippen molar-refractivity contribution in [3.8, 4) is 0 Å². The normalized spacial score (nSPS) is 23.0. The van der Waals surface area contributed by atoms with Gasteiger partial charge in [0.2, 0.25) is 11.8 Å². The number of carbonyl (C=O) groups is 3. The molecule has 2 aliphatic rings. The van der Waals surface area contributed by atoms with E-state index in [0.29, 0.717) is 38.9 Å². The van der Waals surface area contributed by atoms with Crippen LogP contribution in [0.1, 0.15) is 24.1 Å². The number of thiophene rings is 1. The van der Waals surface area contributed by atoms with Gasteiger partial charge in [-0.25, -0.2) is 4.79 Å². The fourth-order valence-corrected chi connectivity index (χ4v) is 4.85. The van der Waals surface area contributed by atoms with Crippen molar-refractivity contribution in [1.29, 1.82) is 0 Å². The third-order valence-electron chi connectivity index (χ3n) is 5.73. The number of hydrogen-bond acceptors (Lipinski definition) is 5. The summed E-state index contributed by atoms with van der Waals surface area (Å²) in [5, 5.41) is 13.7. The molecule has 0 saturated carbocycles. The number of carbonyl (C=O) groups excluding carboxylic acids is 3. The van der Waals surface area contributed by atoms with Crippen LogP contribution in [0.25, 0.3) is 0 Å². The number of hydrogen-bond donors (Lipinski definition) is 4. The molecule has 2 aliphatic heterocycles. The van der Waals surface area contributed by atoms with Crippen LogP contribution in [0.4, 0.5) is 10.5 Å². The largest absolute Gasteiger partial charge is 0.353 e. The van der Waals surface area contributed by atoms with Crippen LogP contribution < -0.4 is 21.3 Å². The topological polar surface area (TPSA) is 103 Å². The first-order chi connectivity index (χ1) is 15.1. The molecule has 1 aromatic heterocycles. The Bertz CT molecular complexity index is 905. The molecule has 9 heteroatoms. The number of fused-ring (bicyclic) bond motifs is 1. The first kappa shape index (κ1) is 21.3. The molecule has 0 aliphatic carbocycles. The number of amides is 4. The predicted octanol–water partition coefficient (Wildman–Crippen LogP) is 1.91. The van der Waals surface area contributed by atoms with Crippen LogP contribution in [0.2, 0.25) is 0 Å². The summed E-state index contributed by atoms with van der Waals surface area (Å²) in [4.78, 5) is 40.2. The Balaban J connectivity index is 1.26. The summed E-state index contributed by atoms with van der Waals surface area (Å²) in [7, 11) is 0. The molecule has 164 valence electrons. The molecule has 4 amide bonds. The molecule has 1 aromatic carbocycles. The first-order valence-corrected chi connectivity index (χ1v) is 11.4. The number of anilines is 1. The lowest BCUT2D eigenvalue weighted by Gasteiger charge is -2.37. The zero-order chi connectivity index (χ0) is 21.6. The van der Waals surface area contributed by atoms with Crippen LogP contribution in [-0.2, 0) is 16.1 Å². The minimum Gasteiger partial charge on any atom is -0.353 e. The van der Waals surface area contributed by atoms with E-state index in [1.807, 2.05) is 47.8 Å². The first-order valence-electron chi connectivity index (χ1n) is 10.5. The van der Waals surface area contributed by atoms with Crippen LogP contribution in [0.5, 0.6) is 0 Å². The summed E-state index contributed by atoms with van der Waals surface area (Å²) in [5.74, 6) is 0.00382. The minimum atomic E-state index is -0.277. The summed E-state index contributed by atoms with van der Waals surface area (Å²) in [5.41, 5.74) is 0.722. The Morgan fingerprint density at radius 2 is 2.00 bits per heavy atom. The maximum Gasteiger partial charge on any atom is 0.319 e. The van der Waals surface area contributed by atoms with Crippen LogP contribution in [-0.4, -0.2) is 54.0 Å². The van der Waals surface area contributed by atoms with E-state index in [1.165, 1.54) is 0 Å². The van der Waals surface area contributed by atoms with Gasteiger partial charge in [0, 0.05) is 42.2 Å². The van der Waals surface area contributed by atoms with E-state index in [-0.39, 0.29) is 36.0 Å². The van der Waals surface area contributed by atoms with E-state index in [0.717, 1.165) is 10.6 Å². The van der Waals surface area contributed by atoms with Gasteiger partial charge >= 0.3 is 6.03 Å². The molecule has 0 radical (unpaired) electrons. The Morgan fingerprint density at radius 1 is 1.16 bits per heavy atom. The quantitative estimate of drug-likeness (QED) is 0.527. The molecule has 2 fully saturated rings. The summed E-state index contributed by atoms with van der Waals surface area (Å²) < 4.78 is 0. The molecule has 4 rings (SSSR count). The highest BCUT2D eigenvalue weighted by molar-refractivity contribution is 7.09. The van der Waals surface area contributed by atoms with Crippen molar-refractivity contribution >= 4 is 34.9 Å². The average Bonchev–Trinajstić information content (AvgIpc) is 3.43. The fourth-order valence-electron chi connectivity index (χ4n) is 4.21. The van der Waals surface area contributed by atoms with Gasteiger partial charge in [-0.05, 0) is 36.4 Å². The van der Waals surface area contributed by atoms with Gasteiger partial charge in [-0.1, -0.05) is 24.3 Å². The molecule has 3 atom stereocenters. The van der Waals surface area contributed by atoms with E-state index in [1.54, 1.807) is 11.3 Å². The van der Waals surface area contributed by atoms with Gasteiger partial charge in [-0.2, -0.15) is 0 Å². The molecule has 8 nitrogen and oxygen atoms in total. The Morgan fingerprint density at radius 3 is 2.77 bits per heavy atom. The van der Waals surface area contributed by atoms with E-state index < -0.39 is 0 Å². The highest BCUT2D eigenvalue weighted by Gasteiger charge is 2.43. The predicted molar refractivity (Wildman–Crippen MR) is 120 cm³/mol. The third-order valence-corrected chi connectivity index (χ3v) is 6.61. The van der Waals surface area contributed by atoms with Crippen molar-refractivity contribution in [3.05, 3.63) is 52.7 Å². The van der Waals surface area contributed by atoms with Gasteiger partial charge in [-0.15, -0.1) is 11.3 Å². The smallest absolute Gasteiger partial charge is 0.319 e. The van der Waals surface area contributed by atoms with E-state index in [9.17, 15) is 14.4 Å². The highest BCUT2D eigenvalue weighted by atomic mass is 32.1. The lowest BCUT2D eigenvalue weighted by Crippen LogP contribution is -2.58. The van der Waals surface area contributed by atoms with E-state index >= 15 is 0 Å². The maximum atomic E-state index is 12.4. The van der Waals surface area contributed by atoms with Gasteiger partial charge in [0.15, 0.2) is 0 Å². The van der Waals surface area contributed by atoms with Crippen molar-refractivity contribution in [3.63, 3.8) is 0 Å². The number of rotatable bonds is 7. The van der Waals surface area contributed by atoms with Crippen LogP contribution in [0, 0.1) is 0 Å². The second kappa shape index (κ2) is 9.93. The van der Waals surface area contributed by atoms with Crippen molar-refractivity contribution in [2.75, 3.05) is 18.4 Å². The van der Waals surface area contributed by atoms with Crippen molar-refractivity contribution in [2.45, 2.75) is 43.9 Å². The van der Waals surface area contributed by atoms with Crippen molar-refractivity contribution in [1.82, 2.24) is 20.9 Å². The molecule has 3 heterocycles. The third kappa shape index (κ3) is 5.62. The van der Waals surface area contributed by atoms with Gasteiger partial charge in [0.1, 0.15) is 0 Å². The Hall–Kier alpha value is -2.91. The van der Waals surface area contributed by atoms with Crippen LogP contribution in [0.3, 0.4) is 0 Å². The van der Waals surface area contributed by atoms with Crippen molar-refractivity contribution < 1.29 is 14.4 Å². The standard InChI is InChI=1S/C22H27N5O3S/c28-20(23-13-18-7-4-10-31-18)9-8-17-12-24-21(29)19-11-16(14-27(17)19)26-22(30)25-15-5-2-1-3-6-15/h1-7,10,16-17,19H,8-9,11-14H2,(H,23,28)(H,24,29)(H2,25,26,30)/t16-,17-,19+/m1/s1. The highest BCUT2D eigenvalue weighted by Crippen LogP contribution is 2.26. The van der Waals surface area contributed by atoms with Gasteiger partial charge in [0.05, 0.1) is 12.6 Å². The van der Waals surface area contributed by atoms with Gasteiger partial charge in [0.25, 0.3) is 0 Å². The number of benzene rings is 1. The van der Waals surface area contributed by atoms with E-state index in [4.69, 9.17) is 0 Å². The average molecular weight is 442 g/mol. The van der Waals surface area contributed by atoms with E-state index in [2.05, 4.69) is 26.2 Å². The number of nitrogens with zero attached hydrogens (tertiary/aromatic N) is 1. The second-order valence-corrected chi connectivity index (χ2v) is 8.94. The number of nitrogens with one attached hydrogen (secondary N) is 4. The summed E-state index contributed by atoms with van der Waals surface area (Å²) in [6, 6.07) is 12.6. The molecule has 0 unspecified atom stereocenters. The Labute approximate surface area is 185 Å². The zero-order valence-electron chi connectivity index (χ0n) is 17.2. The van der Waals surface area contributed by atoms with Crippen LogP contribution >= 0.6 is 11.3 Å². The lowest BCUT2D eigenvalue weighted by molar-refractivity contribution is -0.129. The molecule has 0 bridgehead atoms. The number of para-hydroxylation sites is 1. The Kier molecular flexibility index (Phi) is 6.83. The molecule has 2 saturated heterocycles. The van der Waals surface area contributed by atoms with Crippen LogP contribution in [0.15, 0.2) is 47.8 Å². The molecular formula is C22H27N5O3S. The molecular weight excluding hydrogens is 414 g/mol. The molecule has 4 N–H and O–H groups in total.